The molecule has 1 fully saturated rings. The lowest BCUT2D eigenvalue weighted by Gasteiger charge is -2.29. The summed E-state index contributed by atoms with van der Waals surface area (Å²) in [5.41, 5.74) is 0.904. The zero-order valence-corrected chi connectivity index (χ0v) is 16.3. The van der Waals surface area contributed by atoms with Crippen molar-refractivity contribution in [3.05, 3.63) is 54.6 Å². The van der Waals surface area contributed by atoms with E-state index >= 15 is 0 Å². The van der Waals surface area contributed by atoms with Gasteiger partial charge in [0.25, 0.3) is 5.91 Å². The maximum Gasteiger partial charge on any atom is 0.279 e. The van der Waals surface area contributed by atoms with Gasteiger partial charge in [-0.05, 0) is 30.7 Å². The van der Waals surface area contributed by atoms with E-state index in [0.29, 0.717) is 6.54 Å². The molecule has 26 heavy (non-hydrogen) atoms. The van der Waals surface area contributed by atoms with Crippen molar-refractivity contribution in [1.82, 2.24) is 0 Å². The second-order valence-electron chi connectivity index (χ2n) is 6.89. The maximum absolute atomic E-state index is 12.5. The summed E-state index contributed by atoms with van der Waals surface area (Å²) in [6.07, 6.45) is 1.24. The van der Waals surface area contributed by atoms with Gasteiger partial charge < -0.3 is 15.1 Å². The zero-order chi connectivity index (χ0) is 18.2. The third-order valence-electron chi connectivity index (χ3n) is 4.81. The third kappa shape index (κ3) is 5.59. The molecule has 3 rings (SSSR count). The van der Waals surface area contributed by atoms with E-state index in [1.54, 1.807) is 16.7 Å². The molecule has 2 aromatic carbocycles. The fourth-order valence-corrected chi connectivity index (χ4v) is 4.36. The quantitative estimate of drug-likeness (QED) is 0.679. The first-order valence-corrected chi connectivity index (χ1v) is 10.3. The van der Waals surface area contributed by atoms with E-state index < -0.39 is 0 Å². The predicted molar refractivity (Wildman–Crippen MR) is 107 cm³/mol. The lowest BCUT2D eigenvalue weighted by molar-refractivity contribution is -1.01. The highest BCUT2D eigenvalue weighted by Crippen LogP contribution is 2.32. The number of carbonyl (C=O) groups is 1. The third-order valence-corrected chi connectivity index (χ3v) is 5.89. The lowest BCUT2D eigenvalue weighted by atomic mass is 10.3. The van der Waals surface area contributed by atoms with Gasteiger partial charge in [0.05, 0.1) is 12.2 Å². The van der Waals surface area contributed by atoms with Gasteiger partial charge in [0.15, 0.2) is 6.54 Å². The maximum atomic E-state index is 12.5. The van der Waals surface area contributed by atoms with Gasteiger partial charge in [0.1, 0.15) is 26.2 Å². The largest absolute Gasteiger partial charge is 0.326 e. The summed E-state index contributed by atoms with van der Waals surface area (Å²) in [6, 6.07) is 18.3. The van der Waals surface area contributed by atoms with Crippen molar-refractivity contribution >= 4 is 23.4 Å². The molecule has 2 aromatic rings. The van der Waals surface area contributed by atoms with Crippen molar-refractivity contribution in [2.24, 2.45) is 0 Å². The summed E-state index contributed by atoms with van der Waals surface area (Å²) in [5, 5.41) is 3.13. The first kappa shape index (κ1) is 19.0. The first-order valence-electron chi connectivity index (χ1n) is 9.53. The number of quaternary nitrogens is 2. The Kier molecular flexibility index (Phi) is 7.12. The second kappa shape index (κ2) is 9.76. The summed E-state index contributed by atoms with van der Waals surface area (Å²) in [4.78, 5) is 17.9. The number of nitrogens with one attached hydrogen (secondary N) is 3. The number of benzene rings is 2. The summed E-state index contributed by atoms with van der Waals surface area (Å²) in [7, 11) is 0. The van der Waals surface area contributed by atoms with Crippen LogP contribution in [0, 0.1) is 0 Å². The standard InChI is InChI=1S/C21H27N3OS/c1-2-12-23-13-15-24(16-14-23)17-21(25)22-19-10-6-7-11-20(19)26-18-8-4-3-5-9-18/h3-11H,2,12-17H2,1H3,(H,22,25)/p+2. The van der Waals surface area contributed by atoms with E-state index in [9.17, 15) is 4.79 Å². The van der Waals surface area contributed by atoms with Crippen molar-refractivity contribution in [1.29, 1.82) is 0 Å². The molecule has 3 N–H and O–H groups in total. The van der Waals surface area contributed by atoms with Crippen LogP contribution >= 0.6 is 11.8 Å². The molecule has 1 heterocycles. The predicted octanol–water partition coefficient (Wildman–Crippen LogP) is 0.970. The van der Waals surface area contributed by atoms with Gasteiger partial charge in [0.2, 0.25) is 0 Å². The van der Waals surface area contributed by atoms with E-state index in [1.807, 2.05) is 36.4 Å². The minimum absolute atomic E-state index is 0.111. The van der Waals surface area contributed by atoms with Crippen molar-refractivity contribution < 1.29 is 14.6 Å². The molecule has 1 saturated heterocycles. The van der Waals surface area contributed by atoms with Crippen LogP contribution in [0.5, 0.6) is 0 Å². The number of amides is 1. The molecule has 1 aliphatic rings. The average molecular weight is 372 g/mol. The van der Waals surface area contributed by atoms with Crippen LogP contribution in [-0.4, -0.2) is 45.2 Å². The Balaban J connectivity index is 1.55. The van der Waals surface area contributed by atoms with E-state index in [-0.39, 0.29) is 5.91 Å². The fourth-order valence-electron chi connectivity index (χ4n) is 3.43. The molecule has 0 unspecified atom stereocenters. The van der Waals surface area contributed by atoms with Crippen molar-refractivity contribution in [2.45, 2.75) is 23.1 Å². The van der Waals surface area contributed by atoms with E-state index in [0.717, 1.165) is 23.7 Å². The smallest absolute Gasteiger partial charge is 0.279 e. The fraction of sp³-hybridized carbons (Fsp3) is 0.381. The first-order chi connectivity index (χ1) is 12.7. The highest BCUT2D eigenvalue weighted by atomic mass is 32.2. The Labute approximate surface area is 160 Å². The Hall–Kier alpha value is -1.82. The molecular weight excluding hydrogens is 342 g/mol. The van der Waals surface area contributed by atoms with Crippen LogP contribution in [0.15, 0.2) is 64.4 Å². The van der Waals surface area contributed by atoms with Crippen LogP contribution in [0.3, 0.4) is 0 Å². The van der Waals surface area contributed by atoms with Crippen LogP contribution in [0.2, 0.25) is 0 Å². The number of para-hydroxylation sites is 1. The van der Waals surface area contributed by atoms with E-state index in [1.165, 1.54) is 35.9 Å². The summed E-state index contributed by atoms with van der Waals surface area (Å²) in [6.45, 7) is 8.58. The van der Waals surface area contributed by atoms with Crippen LogP contribution in [-0.2, 0) is 4.79 Å². The molecule has 138 valence electrons. The summed E-state index contributed by atoms with van der Waals surface area (Å²) < 4.78 is 0. The van der Waals surface area contributed by atoms with Crippen molar-refractivity contribution in [3.63, 3.8) is 0 Å². The minimum Gasteiger partial charge on any atom is -0.326 e. The molecule has 0 saturated carbocycles. The molecule has 0 radical (unpaired) electrons. The highest BCUT2D eigenvalue weighted by Gasteiger charge is 2.24. The van der Waals surface area contributed by atoms with E-state index in [2.05, 4.69) is 30.4 Å². The van der Waals surface area contributed by atoms with E-state index in [4.69, 9.17) is 0 Å². The Morgan fingerprint density at radius 3 is 2.35 bits per heavy atom. The number of piperazine rings is 1. The lowest BCUT2D eigenvalue weighted by Crippen LogP contribution is -3.28. The molecule has 1 aliphatic heterocycles. The van der Waals surface area contributed by atoms with Crippen molar-refractivity contribution in [2.75, 3.05) is 44.6 Å². The minimum atomic E-state index is 0.111. The summed E-state index contributed by atoms with van der Waals surface area (Å²) >= 11 is 1.68. The molecule has 4 nitrogen and oxygen atoms in total. The topological polar surface area (TPSA) is 38.0 Å². The number of rotatable bonds is 7. The number of carbonyl (C=O) groups excluding carboxylic acids is 1. The second-order valence-corrected chi connectivity index (χ2v) is 8.00. The molecule has 1 amide bonds. The van der Waals surface area contributed by atoms with Crippen LogP contribution in [0.25, 0.3) is 0 Å². The SMILES string of the molecule is CCC[NH+]1CC[NH+](CC(=O)Nc2ccccc2Sc2ccccc2)CC1. The van der Waals surface area contributed by atoms with Crippen molar-refractivity contribution in [3.8, 4) is 0 Å². The summed E-state index contributed by atoms with van der Waals surface area (Å²) in [5.74, 6) is 0.111. The van der Waals surface area contributed by atoms with Gasteiger partial charge in [-0.1, -0.05) is 49.0 Å². The van der Waals surface area contributed by atoms with Crippen LogP contribution < -0.4 is 15.1 Å². The highest BCUT2D eigenvalue weighted by molar-refractivity contribution is 7.99. The molecular formula is C21H29N3OS+2. The number of anilines is 1. The number of hydrogen-bond acceptors (Lipinski definition) is 2. The van der Waals surface area contributed by atoms with Gasteiger partial charge in [-0.15, -0.1) is 0 Å². The van der Waals surface area contributed by atoms with Crippen LogP contribution in [0.1, 0.15) is 13.3 Å². The monoisotopic (exact) mass is 371 g/mol. The Morgan fingerprint density at radius 2 is 1.62 bits per heavy atom. The zero-order valence-electron chi connectivity index (χ0n) is 15.5. The van der Waals surface area contributed by atoms with Gasteiger partial charge in [-0.3, -0.25) is 4.79 Å². The van der Waals surface area contributed by atoms with Gasteiger partial charge >= 0.3 is 0 Å². The Morgan fingerprint density at radius 1 is 0.962 bits per heavy atom. The van der Waals surface area contributed by atoms with Gasteiger partial charge in [-0.2, -0.15) is 0 Å². The average Bonchev–Trinajstić information content (AvgIpc) is 2.66. The molecule has 0 aliphatic carbocycles. The number of hydrogen-bond donors (Lipinski definition) is 3. The van der Waals surface area contributed by atoms with Gasteiger partial charge in [-0.25, -0.2) is 0 Å². The molecule has 0 spiro atoms. The molecule has 5 heteroatoms. The Bertz CT molecular complexity index is 699. The molecule has 0 atom stereocenters. The van der Waals surface area contributed by atoms with Crippen LogP contribution in [0.4, 0.5) is 5.69 Å². The molecule has 0 aromatic heterocycles. The normalized spacial score (nSPS) is 19.9. The van der Waals surface area contributed by atoms with Gasteiger partial charge in [0, 0.05) is 9.79 Å². The molecule has 0 bridgehead atoms.